The van der Waals surface area contributed by atoms with Gasteiger partial charge in [0.05, 0.1) is 4.90 Å². The van der Waals surface area contributed by atoms with Gasteiger partial charge in [-0.15, -0.1) is 0 Å². The summed E-state index contributed by atoms with van der Waals surface area (Å²) in [5, 5.41) is 14.0. The molecule has 7 nitrogen and oxygen atoms in total. The molecule has 38 heavy (non-hydrogen) atoms. The number of anilines is 1. The van der Waals surface area contributed by atoms with Gasteiger partial charge in [-0.25, -0.2) is 13.1 Å². The van der Waals surface area contributed by atoms with E-state index in [1.807, 2.05) is 43.3 Å². The average molecular weight is 546 g/mol. The number of rotatable bonds is 11. The Balaban J connectivity index is 0.000000256. The largest absolute Gasteiger partial charge is 0.481 e. The van der Waals surface area contributed by atoms with Gasteiger partial charge in [-0.05, 0) is 50.7 Å². The van der Waals surface area contributed by atoms with Gasteiger partial charge < -0.3 is 15.3 Å². The highest BCUT2D eigenvalue weighted by Crippen LogP contribution is 2.30. The van der Waals surface area contributed by atoms with Crippen LogP contribution in [0.1, 0.15) is 89.9 Å². The Bertz CT molecular complexity index is 1090. The molecule has 0 amide bonds. The molecule has 2 saturated carbocycles. The highest BCUT2D eigenvalue weighted by molar-refractivity contribution is 7.89. The van der Waals surface area contributed by atoms with Crippen LogP contribution >= 0.6 is 0 Å². The number of sulfonamides is 1. The van der Waals surface area contributed by atoms with Crippen molar-refractivity contribution in [1.82, 2.24) is 10.0 Å². The molecule has 0 aliphatic heterocycles. The van der Waals surface area contributed by atoms with Crippen molar-refractivity contribution in [2.24, 2.45) is 0 Å². The zero-order chi connectivity index (χ0) is 27.4. The van der Waals surface area contributed by atoms with E-state index < -0.39 is 16.0 Å². The number of carboxylic acid groups (broad SMARTS) is 1. The molecule has 0 spiro atoms. The van der Waals surface area contributed by atoms with Crippen LogP contribution in [-0.4, -0.2) is 52.2 Å². The summed E-state index contributed by atoms with van der Waals surface area (Å²) in [4.78, 5) is 12.7. The van der Waals surface area contributed by atoms with Crippen molar-refractivity contribution in [2.75, 3.05) is 25.5 Å². The lowest BCUT2D eigenvalue weighted by Crippen LogP contribution is -2.40. The molecular weight excluding hydrogens is 498 g/mol. The molecule has 2 aromatic rings. The zero-order valence-electron chi connectivity index (χ0n) is 23.3. The summed E-state index contributed by atoms with van der Waals surface area (Å²) in [6, 6.07) is 12.6. The van der Waals surface area contributed by atoms with Crippen LogP contribution in [0.25, 0.3) is 10.8 Å². The van der Waals surface area contributed by atoms with E-state index in [-0.39, 0.29) is 11.3 Å². The number of carboxylic acids is 1. The molecule has 8 heteroatoms. The average Bonchev–Trinajstić information content (AvgIpc) is 2.91. The summed E-state index contributed by atoms with van der Waals surface area (Å²) < 4.78 is 27.9. The fourth-order valence-corrected chi connectivity index (χ4v) is 6.92. The van der Waals surface area contributed by atoms with Gasteiger partial charge in [0, 0.05) is 55.6 Å². The lowest BCUT2D eigenvalue weighted by atomic mass is 9.91. The fourth-order valence-electron chi connectivity index (χ4n) is 5.62. The summed E-state index contributed by atoms with van der Waals surface area (Å²) in [5.74, 6) is -0.826. The predicted octanol–water partition coefficient (Wildman–Crippen LogP) is 6.07. The maximum atomic E-state index is 12.6. The van der Waals surface area contributed by atoms with E-state index in [1.165, 1.54) is 64.2 Å². The summed E-state index contributed by atoms with van der Waals surface area (Å²) in [6.45, 7) is 0.297. The number of hydrogen-bond acceptors (Lipinski definition) is 5. The second-order valence-corrected chi connectivity index (χ2v) is 12.7. The van der Waals surface area contributed by atoms with Gasteiger partial charge in [0.1, 0.15) is 0 Å². The smallest absolute Gasteiger partial charge is 0.303 e. The summed E-state index contributed by atoms with van der Waals surface area (Å²) in [6.07, 6.45) is 16.5. The standard InChI is InChI=1S/C18H24N2O4S.C12H23N/c1-20(2)16-10-6-9-15-14(16)8-7-11-17(15)25(23,24)19-13-5-3-4-12-18(21)22;1-3-7-11(8-4-1)13-12-9-5-2-6-10-12/h6-11,19H,3-5,12-13H2,1-2H3,(H,21,22);11-13H,1-10H2. The van der Waals surface area contributed by atoms with Crippen LogP contribution < -0.4 is 14.9 Å². The second-order valence-electron chi connectivity index (χ2n) is 11.0. The highest BCUT2D eigenvalue weighted by atomic mass is 32.2. The van der Waals surface area contributed by atoms with Crippen molar-refractivity contribution in [3.05, 3.63) is 36.4 Å². The highest BCUT2D eigenvalue weighted by Gasteiger charge is 2.20. The number of fused-ring (bicyclic) bond motifs is 1. The SMILES string of the molecule is C1CCC(NC2CCCCC2)CC1.CN(C)c1cccc2c(S(=O)(=O)NCCCCCC(=O)O)cccc12. The van der Waals surface area contributed by atoms with E-state index in [0.717, 1.165) is 23.2 Å². The van der Waals surface area contributed by atoms with Crippen LogP contribution in [0.15, 0.2) is 41.3 Å². The van der Waals surface area contributed by atoms with E-state index in [9.17, 15) is 13.2 Å². The molecule has 0 bridgehead atoms. The van der Waals surface area contributed by atoms with E-state index >= 15 is 0 Å². The van der Waals surface area contributed by atoms with Crippen molar-refractivity contribution >= 4 is 32.5 Å². The van der Waals surface area contributed by atoms with Gasteiger partial charge in [0.15, 0.2) is 0 Å². The first kappa shape index (κ1) is 30.4. The molecule has 4 rings (SSSR count). The minimum Gasteiger partial charge on any atom is -0.481 e. The van der Waals surface area contributed by atoms with E-state index in [1.54, 1.807) is 12.1 Å². The monoisotopic (exact) mass is 545 g/mol. The Morgan fingerprint density at radius 1 is 0.842 bits per heavy atom. The zero-order valence-corrected chi connectivity index (χ0v) is 24.1. The minimum absolute atomic E-state index is 0.114. The number of nitrogens with one attached hydrogen (secondary N) is 2. The number of carbonyl (C=O) groups is 1. The van der Waals surface area contributed by atoms with E-state index in [4.69, 9.17) is 5.11 Å². The number of hydrogen-bond donors (Lipinski definition) is 3. The Labute approximate surface area is 229 Å². The van der Waals surface area contributed by atoms with Crippen molar-refractivity contribution in [3.63, 3.8) is 0 Å². The van der Waals surface area contributed by atoms with Gasteiger partial charge in [-0.1, -0.05) is 69.2 Å². The van der Waals surface area contributed by atoms with Gasteiger partial charge in [-0.2, -0.15) is 0 Å². The Kier molecular flexibility index (Phi) is 12.3. The normalized spacial score (nSPS) is 17.1. The molecule has 0 aromatic heterocycles. The summed E-state index contributed by atoms with van der Waals surface area (Å²) in [5.41, 5.74) is 0.961. The van der Waals surface area contributed by atoms with Crippen LogP contribution in [0, 0.1) is 0 Å². The van der Waals surface area contributed by atoms with Gasteiger partial charge in [0.25, 0.3) is 0 Å². The number of unbranched alkanes of at least 4 members (excludes halogenated alkanes) is 2. The quantitative estimate of drug-likeness (QED) is 0.297. The number of aliphatic carboxylic acids is 1. The molecule has 0 unspecified atom stereocenters. The molecule has 0 saturated heterocycles. The van der Waals surface area contributed by atoms with Gasteiger partial charge in [-0.3, -0.25) is 4.79 Å². The maximum absolute atomic E-state index is 12.6. The van der Waals surface area contributed by atoms with Crippen LogP contribution in [0.3, 0.4) is 0 Å². The second kappa shape index (κ2) is 15.4. The van der Waals surface area contributed by atoms with Gasteiger partial charge >= 0.3 is 5.97 Å². The molecule has 0 atom stereocenters. The molecule has 2 fully saturated rings. The minimum atomic E-state index is -3.62. The Morgan fingerprint density at radius 3 is 2.00 bits per heavy atom. The number of nitrogens with zero attached hydrogens (tertiary/aromatic N) is 1. The third-order valence-electron chi connectivity index (χ3n) is 7.67. The first-order valence-corrected chi connectivity index (χ1v) is 15.9. The van der Waals surface area contributed by atoms with Crippen molar-refractivity contribution in [1.29, 1.82) is 0 Å². The van der Waals surface area contributed by atoms with Crippen molar-refractivity contribution in [2.45, 2.75) is 107 Å². The third kappa shape index (κ3) is 9.54. The lowest BCUT2D eigenvalue weighted by Gasteiger charge is -2.30. The fraction of sp³-hybridized carbons (Fsp3) is 0.633. The first-order chi connectivity index (χ1) is 18.3. The van der Waals surface area contributed by atoms with Crippen LogP contribution in [0.5, 0.6) is 0 Å². The molecule has 2 aliphatic rings. The van der Waals surface area contributed by atoms with Crippen molar-refractivity contribution < 1.29 is 18.3 Å². The summed E-state index contributed by atoms with van der Waals surface area (Å²) in [7, 11) is 0.226. The van der Waals surface area contributed by atoms with E-state index in [2.05, 4.69) is 10.0 Å². The predicted molar refractivity (Wildman–Crippen MR) is 156 cm³/mol. The van der Waals surface area contributed by atoms with Gasteiger partial charge in [0.2, 0.25) is 10.0 Å². The Hall–Kier alpha value is -2.16. The molecular formula is C30H47N3O4S. The lowest BCUT2D eigenvalue weighted by molar-refractivity contribution is -0.137. The molecule has 0 heterocycles. The Morgan fingerprint density at radius 2 is 1.42 bits per heavy atom. The van der Waals surface area contributed by atoms with E-state index in [0.29, 0.717) is 31.2 Å². The number of benzene rings is 2. The summed E-state index contributed by atoms with van der Waals surface area (Å²) >= 11 is 0. The molecule has 2 aromatic carbocycles. The first-order valence-electron chi connectivity index (χ1n) is 14.4. The topological polar surface area (TPSA) is 98.7 Å². The maximum Gasteiger partial charge on any atom is 0.303 e. The molecule has 0 radical (unpaired) electrons. The molecule has 2 aliphatic carbocycles. The van der Waals surface area contributed by atoms with Crippen LogP contribution in [-0.2, 0) is 14.8 Å². The van der Waals surface area contributed by atoms with Crippen molar-refractivity contribution in [3.8, 4) is 0 Å². The van der Waals surface area contributed by atoms with Crippen LogP contribution in [0.4, 0.5) is 5.69 Å². The van der Waals surface area contributed by atoms with Crippen LogP contribution in [0.2, 0.25) is 0 Å². The molecule has 212 valence electrons. The molecule has 3 N–H and O–H groups in total. The third-order valence-corrected chi connectivity index (χ3v) is 9.19.